The number of nitrogens with zero attached hydrogens (tertiary/aromatic N) is 1. The van der Waals surface area contributed by atoms with Crippen LogP contribution in [0.4, 0.5) is 0 Å². The number of thiophene rings is 1. The Hall–Kier alpha value is 0.860. The molecular weight excluding hydrogens is 426 g/mol. The van der Waals surface area contributed by atoms with Gasteiger partial charge < -0.3 is 0 Å². The van der Waals surface area contributed by atoms with Crippen LogP contribution in [0.2, 0.25) is 5.02 Å². The van der Waals surface area contributed by atoms with Crippen LogP contribution in [0.3, 0.4) is 0 Å². The molecule has 3 nitrogen and oxygen atoms in total. The van der Waals surface area contributed by atoms with Crippen molar-refractivity contribution in [2.45, 2.75) is 22.4 Å². The van der Waals surface area contributed by atoms with E-state index in [-0.39, 0.29) is 0 Å². The van der Waals surface area contributed by atoms with E-state index >= 15 is 0 Å². The van der Waals surface area contributed by atoms with Gasteiger partial charge in [0, 0.05) is 17.9 Å². The van der Waals surface area contributed by atoms with Gasteiger partial charge in [-0.2, -0.15) is 4.31 Å². The van der Waals surface area contributed by atoms with E-state index in [2.05, 4.69) is 38.8 Å². The summed E-state index contributed by atoms with van der Waals surface area (Å²) in [4.78, 5) is 0.391. The van der Waals surface area contributed by atoms with Gasteiger partial charge in [0.2, 0.25) is 0 Å². The summed E-state index contributed by atoms with van der Waals surface area (Å²) >= 11 is 13.9. The van der Waals surface area contributed by atoms with E-state index in [9.17, 15) is 8.42 Å². The van der Waals surface area contributed by atoms with E-state index in [0.29, 0.717) is 36.9 Å². The Labute approximate surface area is 133 Å². The molecule has 0 aliphatic carbocycles. The molecule has 2 rings (SSSR count). The quantitative estimate of drug-likeness (QED) is 0.657. The lowest BCUT2D eigenvalue weighted by molar-refractivity contribution is 0.292. The smallest absolute Gasteiger partial charge is 0.206 e. The number of hydrogen-bond acceptors (Lipinski definition) is 3. The van der Waals surface area contributed by atoms with Gasteiger partial charge in [-0.1, -0.05) is 34.5 Å². The molecule has 0 aromatic carbocycles. The molecule has 1 saturated heterocycles. The largest absolute Gasteiger partial charge is 0.252 e. The van der Waals surface area contributed by atoms with Crippen LogP contribution in [0.1, 0.15) is 13.3 Å². The van der Waals surface area contributed by atoms with E-state index in [1.165, 1.54) is 6.07 Å². The summed E-state index contributed by atoms with van der Waals surface area (Å²) < 4.78 is 27.4. The average molecular weight is 438 g/mol. The van der Waals surface area contributed by atoms with Crippen LogP contribution in [0.5, 0.6) is 0 Å². The van der Waals surface area contributed by atoms with Crippen molar-refractivity contribution in [3.05, 3.63) is 14.9 Å². The first-order valence-corrected chi connectivity index (χ1v) is 9.75. The van der Waals surface area contributed by atoms with Gasteiger partial charge in [-0.3, -0.25) is 0 Å². The molecule has 2 heterocycles. The van der Waals surface area contributed by atoms with Gasteiger partial charge >= 0.3 is 0 Å². The molecule has 2 atom stereocenters. The van der Waals surface area contributed by atoms with Crippen LogP contribution >= 0.6 is 54.8 Å². The fourth-order valence-electron chi connectivity index (χ4n) is 1.88. The molecule has 102 valence electrons. The lowest BCUT2D eigenvalue weighted by atomic mass is 10.0. The van der Waals surface area contributed by atoms with Gasteiger partial charge in [-0.05, 0) is 34.3 Å². The molecule has 1 fully saturated rings. The lowest BCUT2D eigenvalue weighted by Gasteiger charge is -2.33. The lowest BCUT2D eigenvalue weighted by Crippen LogP contribution is -2.42. The van der Waals surface area contributed by atoms with Gasteiger partial charge in [0.1, 0.15) is 4.21 Å². The second kappa shape index (κ2) is 5.69. The van der Waals surface area contributed by atoms with Crippen molar-refractivity contribution in [3.63, 3.8) is 0 Å². The number of halogens is 3. The molecule has 0 N–H and O–H groups in total. The summed E-state index contributed by atoms with van der Waals surface area (Å²) in [6, 6.07) is 1.51. The maximum atomic E-state index is 12.4. The summed E-state index contributed by atoms with van der Waals surface area (Å²) in [5, 5.41) is 0.446. The van der Waals surface area contributed by atoms with Crippen LogP contribution in [0, 0.1) is 5.92 Å². The second-order valence-electron chi connectivity index (χ2n) is 4.33. The fraction of sp³-hybridized carbons (Fsp3) is 0.600. The molecule has 0 saturated carbocycles. The first-order valence-electron chi connectivity index (χ1n) is 5.41. The molecule has 1 aromatic rings. The molecule has 1 aromatic heterocycles. The monoisotopic (exact) mass is 435 g/mol. The Morgan fingerprint density at radius 1 is 1.56 bits per heavy atom. The summed E-state index contributed by atoms with van der Waals surface area (Å²) in [7, 11) is -3.40. The Bertz CT molecular complexity index is 527. The number of piperidine rings is 1. The first-order chi connectivity index (χ1) is 8.32. The molecule has 0 radical (unpaired) electrons. The molecule has 0 bridgehead atoms. The van der Waals surface area contributed by atoms with Crippen molar-refractivity contribution in [2.24, 2.45) is 5.92 Å². The highest BCUT2D eigenvalue weighted by Crippen LogP contribution is 2.37. The van der Waals surface area contributed by atoms with Crippen molar-refractivity contribution < 1.29 is 8.42 Å². The molecule has 1 aliphatic heterocycles. The van der Waals surface area contributed by atoms with Crippen molar-refractivity contribution in [3.8, 4) is 0 Å². The van der Waals surface area contributed by atoms with Gasteiger partial charge in [0.25, 0.3) is 10.0 Å². The van der Waals surface area contributed by atoms with Crippen LogP contribution in [-0.2, 0) is 10.0 Å². The van der Waals surface area contributed by atoms with E-state index in [4.69, 9.17) is 11.6 Å². The molecule has 0 spiro atoms. The minimum atomic E-state index is -3.40. The minimum absolute atomic E-state index is 0.305. The van der Waals surface area contributed by atoms with E-state index in [1.54, 1.807) is 4.31 Å². The summed E-state index contributed by atoms with van der Waals surface area (Å²) in [5.41, 5.74) is 0. The van der Waals surface area contributed by atoms with Crippen molar-refractivity contribution in [2.75, 3.05) is 13.1 Å². The predicted molar refractivity (Wildman–Crippen MR) is 82.3 cm³/mol. The van der Waals surface area contributed by atoms with Crippen LogP contribution in [-0.4, -0.2) is 30.6 Å². The number of alkyl halides is 1. The fourth-order valence-corrected chi connectivity index (χ4v) is 6.36. The molecule has 8 heteroatoms. The SMILES string of the molecule is CC1CN(S(=O)(=O)c2cc(Cl)c(Br)s2)CCC1Br. The third-order valence-electron chi connectivity index (χ3n) is 2.98. The summed E-state index contributed by atoms with van der Waals surface area (Å²) in [6.07, 6.45) is 0.834. The number of hydrogen-bond donors (Lipinski definition) is 0. The molecule has 0 amide bonds. The third-order valence-corrected chi connectivity index (χ3v) is 9.13. The second-order valence-corrected chi connectivity index (χ2v) is 10.5. The van der Waals surface area contributed by atoms with Gasteiger partial charge in [-0.15, -0.1) is 11.3 Å². The standard InChI is InChI=1S/C10H12Br2ClNO2S2/c1-6-5-14(3-2-7(6)11)18(15,16)9-4-8(13)10(12)17-9/h4,6-7H,2-3,5H2,1H3. The van der Waals surface area contributed by atoms with E-state index in [1.807, 2.05) is 0 Å². The highest BCUT2D eigenvalue weighted by Gasteiger charge is 2.33. The molecule has 1 aliphatic rings. The Morgan fingerprint density at radius 3 is 2.72 bits per heavy atom. The third kappa shape index (κ3) is 2.96. The zero-order valence-corrected chi connectivity index (χ0v) is 15.1. The summed E-state index contributed by atoms with van der Waals surface area (Å²) in [5.74, 6) is 0.312. The normalized spacial score (nSPS) is 26.4. The highest BCUT2D eigenvalue weighted by molar-refractivity contribution is 9.11. The van der Waals surface area contributed by atoms with E-state index in [0.717, 1.165) is 17.8 Å². The Kier molecular flexibility index (Phi) is 4.82. The van der Waals surface area contributed by atoms with Crippen LogP contribution < -0.4 is 0 Å². The zero-order chi connectivity index (χ0) is 13.5. The Morgan fingerprint density at radius 2 is 2.22 bits per heavy atom. The average Bonchev–Trinajstić information content (AvgIpc) is 2.64. The topological polar surface area (TPSA) is 37.4 Å². The Balaban J connectivity index is 2.26. The van der Waals surface area contributed by atoms with Crippen molar-refractivity contribution in [1.29, 1.82) is 0 Å². The first kappa shape index (κ1) is 15.3. The molecule has 2 unspecified atom stereocenters. The van der Waals surface area contributed by atoms with Crippen molar-refractivity contribution >= 4 is 64.8 Å². The van der Waals surface area contributed by atoms with Crippen LogP contribution in [0.25, 0.3) is 0 Å². The van der Waals surface area contributed by atoms with Crippen molar-refractivity contribution in [1.82, 2.24) is 4.31 Å². The zero-order valence-electron chi connectivity index (χ0n) is 9.57. The summed E-state index contributed by atoms with van der Waals surface area (Å²) in [6.45, 7) is 3.15. The minimum Gasteiger partial charge on any atom is -0.206 e. The van der Waals surface area contributed by atoms with E-state index < -0.39 is 10.0 Å². The number of rotatable bonds is 2. The van der Waals surface area contributed by atoms with Crippen LogP contribution in [0.15, 0.2) is 14.1 Å². The highest BCUT2D eigenvalue weighted by atomic mass is 79.9. The maximum absolute atomic E-state index is 12.4. The van der Waals surface area contributed by atoms with Gasteiger partial charge in [0.05, 0.1) is 8.81 Å². The van der Waals surface area contributed by atoms with Gasteiger partial charge in [-0.25, -0.2) is 8.42 Å². The molecule has 18 heavy (non-hydrogen) atoms. The number of sulfonamides is 1. The van der Waals surface area contributed by atoms with Gasteiger partial charge in [0.15, 0.2) is 0 Å². The predicted octanol–water partition coefficient (Wildman–Crippen LogP) is 3.96. The molecular formula is C10H12Br2ClNO2S2. The maximum Gasteiger partial charge on any atom is 0.252 e.